The number of nitrogens with zero attached hydrogens (tertiary/aromatic N) is 1. The lowest BCUT2D eigenvalue weighted by atomic mass is 10.0. The maximum atomic E-state index is 11.4. The summed E-state index contributed by atoms with van der Waals surface area (Å²) < 4.78 is 5.44. The fourth-order valence-electron chi connectivity index (χ4n) is 2.68. The Morgan fingerprint density at radius 1 is 1.17 bits per heavy atom. The topological polar surface area (TPSA) is 89.4 Å². The lowest BCUT2D eigenvalue weighted by Gasteiger charge is -2.07. The van der Waals surface area contributed by atoms with Gasteiger partial charge in [-0.25, -0.2) is 9.78 Å². The maximum Gasteiger partial charge on any atom is 0.348 e. The van der Waals surface area contributed by atoms with Crippen LogP contribution in [0.5, 0.6) is 0 Å². The molecule has 3 aromatic heterocycles. The average molecular weight is 336 g/mol. The first kappa shape index (κ1) is 14.5. The Labute approximate surface area is 141 Å². The van der Waals surface area contributed by atoms with E-state index in [0.717, 1.165) is 22.5 Å². The number of benzene rings is 1. The molecule has 5 nitrogen and oxygen atoms in total. The van der Waals surface area contributed by atoms with Crippen LogP contribution in [0.1, 0.15) is 9.67 Å². The van der Waals surface area contributed by atoms with E-state index in [0.29, 0.717) is 21.7 Å². The van der Waals surface area contributed by atoms with Crippen LogP contribution in [-0.2, 0) is 0 Å². The molecule has 0 fully saturated rings. The molecule has 3 heterocycles. The van der Waals surface area contributed by atoms with E-state index in [1.165, 1.54) is 0 Å². The summed E-state index contributed by atoms with van der Waals surface area (Å²) in [4.78, 5) is 16.7. The molecule has 4 aromatic rings. The Morgan fingerprint density at radius 2 is 1.96 bits per heavy atom. The van der Waals surface area contributed by atoms with Gasteiger partial charge >= 0.3 is 5.97 Å². The van der Waals surface area contributed by atoms with Crippen LogP contribution >= 0.6 is 11.3 Å². The molecule has 0 radical (unpaired) electrons. The Balaban J connectivity index is 2.08. The number of carbonyl (C=O) groups is 1. The Kier molecular flexibility index (Phi) is 3.32. The van der Waals surface area contributed by atoms with Crippen molar-refractivity contribution in [3.05, 3.63) is 59.7 Å². The average Bonchev–Trinajstić information content (AvgIpc) is 3.23. The number of rotatable bonds is 3. The molecule has 3 N–H and O–H groups in total. The van der Waals surface area contributed by atoms with Crippen molar-refractivity contribution in [1.82, 2.24) is 4.98 Å². The summed E-state index contributed by atoms with van der Waals surface area (Å²) in [6.07, 6.45) is 1.58. The molecule has 4 rings (SSSR count). The molecule has 0 bridgehead atoms. The second-order valence-corrected chi connectivity index (χ2v) is 6.23. The number of furan rings is 1. The smallest absolute Gasteiger partial charge is 0.348 e. The Hall–Kier alpha value is -3.12. The van der Waals surface area contributed by atoms with Crippen LogP contribution in [0.2, 0.25) is 0 Å². The summed E-state index contributed by atoms with van der Waals surface area (Å²) >= 11 is 1.07. The monoisotopic (exact) mass is 336 g/mol. The van der Waals surface area contributed by atoms with Crippen molar-refractivity contribution >= 4 is 33.2 Å². The molecule has 0 atom stereocenters. The number of carboxylic acids is 1. The van der Waals surface area contributed by atoms with Crippen molar-refractivity contribution in [3.8, 4) is 22.6 Å². The van der Waals surface area contributed by atoms with Gasteiger partial charge in [-0.05, 0) is 29.3 Å². The second-order valence-electron chi connectivity index (χ2n) is 5.23. The minimum Gasteiger partial charge on any atom is -0.477 e. The molecule has 0 amide bonds. The van der Waals surface area contributed by atoms with Crippen molar-refractivity contribution < 1.29 is 14.3 Å². The largest absolute Gasteiger partial charge is 0.477 e. The van der Waals surface area contributed by atoms with Gasteiger partial charge in [-0.2, -0.15) is 0 Å². The van der Waals surface area contributed by atoms with Crippen LogP contribution in [0.3, 0.4) is 0 Å². The summed E-state index contributed by atoms with van der Waals surface area (Å²) in [6.45, 7) is 0. The van der Waals surface area contributed by atoms with Crippen LogP contribution in [0.15, 0.2) is 59.2 Å². The molecule has 0 aliphatic rings. The lowest BCUT2D eigenvalue weighted by molar-refractivity contribution is 0.0703. The number of pyridine rings is 1. The highest BCUT2D eigenvalue weighted by molar-refractivity contribution is 7.21. The van der Waals surface area contributed by atoms with Crippen molar-refractivity contribution in [2.75, 3.05) is 5.73 Å². The zero-order valence-corrected chi connectivity index (χ0v) is 13.2. The van der Waals surface area contributed by atoms with E-state index in [2.05, 4.69) is 4.98 Å². The Bertz CT molecular complexity index is 1040. The number of carboxylic acid groups (broad SMARTS) is 1. The minimum atomic E-state index is -1.05. The molecule has 0 saturated heterocycles. The number of anilines is 1. The SMILES string of the molecule is Nc1c(C(=O)O)sc2nc(-c3ccco3)cc(-c3ccccc3)c12. The molecule has 0 unspecified atom stereocenters. The van der Waals surface area contributed by atoms with Gasteiger partial charge in [0, 0.05) is 5.39 Å². The van der Waals surface area contributed by atoms with E-state index >= 15 is 0 Å². The van der Waals surface area contributed by atoms with Gasteiger partial charge in [0.2, 0.25) is 0 Å². The predicted octanol–water partition coefficient (Wildman–Crippen LogP) is 4.50. The molecule has 0 aliphatic heterocycles. The van der Waals surface area contributed by atoms with Gasteiger partial charge in [-0.1, -0.05) is 30.3 Å². The van der Waals surface area contributed by atoms with Gasteiger partial charge in [0.15, 0.2) is 5.76 Å². The zero-order chi connectivity index (χ0) is 16.7. The number of nitrogens with two attached hydrogens (primary N) is 1. The summed E-state index contributed by atoms with van der Waals surface area (Å²) in [5.74, 6) is -0.424. The standard InChI is InChI=1S/C18H12N2O3S/c19-15-14-11(10-5-2-1-3-6-10)9-12(13-7-4-8-23-13)20-17(14)24-16(15)18(21)22/h1-9H,19H2,(H,21,22). The third-order valence-electron chi connectivity index (χ3n) is 3.75. The van der Waals surface area contributed by atoms with Crippen LogP contribution in [0.25, 0.3) is 32.8 Å². The summed E-state index contributed by atoms with van der Waals surface area (Å²) in [5.41, 5.74) is 8.79. The number of hydrogen-bond donors (Lipinski definition) is 2. The number of fused-ring (bicyclic) bond motifs is 1. The fraction of sp³-hybridized carbons (Fsp3) is 0. The molecule has 24 heavy (non-hydrogen) atoms. The zero-order valence-electron chi connectivity index (χ0n) is 12.4. The Morgan fingerprint density at radius 3 is 2.62 bits per heavy atom. The predicted molar refractivity (Wildman–Crippen MR) is 94.1 cm³/mol. The van der Waals surface area contributed by atoms with Gasteiger partial charge < -0.3 is 15.3 Å². The van der Waals surface area contributed by atoms with Crippen molar-refractivity contribution in [2.45, 2.75) is 0 Å². The van der Waals surface area contributed by atoms with Crippen LogP contribution in [0, 0.1) is 0 Å². The number of thiophene rings is 1. The first-order valence-corrected chi connectivity index (χ1v) is 8.02. The van der Waals surface area contributed by atoms with E-state index in [9.17, 15) is 9.90 Å². The normalized spacial score (nSPS) is 11.0. The molecule has 6 heteroatoms. The number of aromatic carboxylic acids is 1. The van der Waals surface area contributed by atoms with E-state index in [-0.39, 0.29) is 10.6 Å². The molecule has 0 saturated carbocycles. The minimum absolute atomic E-state index is 0.103. The third-order valence-corrected chi connectivity index (χ3v) is 4.84. The number of nitrogen functional groups attached to an aromatic ring is 1. The van der Waals surface area contributed by atoms with Crippen molar-refractivity contribution in [3.63, 3.8) is 0 Å². The first-order valence-electron chi connectivity index (χ1n) is 7.21. The van der Waals surface area contributed by atoms with Crippen molar-refractivity contribution in [1.29, 1.82) is 0 Å². The van der Waals surface area contributed by atoms with Gasteiger partial charge in [0.05, 0.1) is 12.0 Å². The van der Waals surface area contributed by atoms with E-state index in [1.807, 2.05) is 42.5 Å². The summed E-state index contributed by atoms with van der Waals surface area (Å²) in [7, 11) is 0. The third kappa shape index (κ3) is 2.24. The van der Waals surface area contributed by atoms with Gasteiger partial charge in [-0.3, -0.25) is 0 Å². The van der Waals surface area contributed by atoms with E-state index in [4.69, 9.17) is 10.2 Å². The van der Waals surface area contributed by atoms with E-state index < -0.39 is 5.97 Å². The highest BCUT2D eigenvalue weighted by Gasteiger charge is 2.21. The number of aromatic nitrogens is 1. The molecule has 0 aliphatic carbocycles. The van der Waals surface area contributed by atoms with Crippen LogP contribution in [0.4, 0.5) is 5.69 Å². The summed E-state index contributed by atoms with van der Waals surface area (Å²) in [6, 6.07) is 15.2. The molecular weight excluding hydrogens is 324 g/mol. The molecule has 0 spiro atoms. The maximum absolute atomic E-state index is 11.4. The fourth-order valence-corrected chi connectivity index (χ4v) is 3.63. The highest BCUT2D eigenvalue weighted by Crippen LogP contribution is 2.41. The van der Waals surface area contributed by atoms with Crippen molar-refractivity contribution in [2.24, 2.45) is 0 Å². The first-order chi connectivity index (χ1) is 11.6. The van der Waals surface area contributed by atoms with Gasteiger partial charge in [-0.15, -0.1) is 11.3 Å². The molecule has 118 valence electrons. The van der Waals surface area contributed by atoms with Crippen LogP contribution in [-0.4, -0.2) is 16.1 Å². The quantitative estimate of drug-likeness (QED) is 0.575. The second kappa shape index (κ2) is 5.50. The van der Waals surface area contributed by atoms with Gasteiger partial charge in [0.1, 0.15) is 15.4 Å². The van der Waals surface area contributed by atoms with Crippen LogP contribution < -0.4 is 5.73 Å². The number of hydrogen-bond acceptors (Lipinski definition) is 5. The lowest BCUT2D eigenvalue weighted by Crippen LogP contribution is -1.97. The molecule has 1 aromatic carbocycles. The molecular formula is C18H12N2O3S. The van der Waals surface area contributed by atoms with Gasteiger partial charge in [0.25, 0.3) is 0 Å². The highest BCUT2D eigenvalue weighted by atomic mass is 32.1. The summed E-state index contributed by atoms with van der Waals surface area (Å²) in [5, 5.41) is 10.0. The van der Waals surface area contributed by atoms with E-state index in [1.54, 1.807) is 12.3 Å².